The summed E-state index contributed by atoms with van der Waals surface area (Å²) in [7, 11) is -5.45. The van der Waals surface area contributed by atoms with Gasteiger partial charge in [-0.15, -0.1) is 0 Å². The van der Waals surface area contributed by atoms with E-state index in [0.29, 0.717) is 25.9 Å². The normalized spacial score (nSPS) is 15.1. The number of likely N-dealkylation sites (tertiary alicyclic amines) is 1. The molecule has 3 rings (SSSR count). The Morgan fingerprint density at radius 1 is 1.03 bits per heavy atom. The molecule has 0 aromatic heterocycles. The van der Waals surface area contributed by atoms with Crippen LogP contribution in [-0.4, -0.2) is 32.2 Å². The van der Waals surface area contributed by atoms with Crippen molar-refractivity contribution in [3.8, 4) is 5.75 Å². The number of benzene rings is 2. The van der Waals surface area contributed by atoms with Crippen LogP contribution in [0.25, 0.3) is 0 Å². The smallest absolute Gasteiger partial charge is 0.345 e. The van der Waals surface area contributed by atoms with E-state index in [0.717, 1.165) is 31.4 Å². The number of carbonyl (C=O) groups is 1. The molecular weight excluding hydrogens is 493 g/mol. The lowest BCUT2D eigenvalue weighted by molar-refractivity contribution is 0.0865. The van der Waals surface area contributed by atoms with E-state index < -0.39 is 49.8 Å². The molecule has 0 spiro atoms. The van der Waals surface area contributed by atoms with Gasteiger partial charge in [-0.1, -0.05) is 38.0 Å². The van der Waals surface area contributed by atoms with E-state index in [1.165, 1.54) is 12.1 Å². The van der Waals surface area contributed by atoms with Gasteiger partial charge >= 0.3 is 10.1 Å². The van der Waals surface area contributed by atoms with E-state index in [1.54, 1.807) is 0 Å². The van der Waals surface area contributed by atoms with Gasteiger partial charge in [0, 0.05) is 24.6 Å². The van der Waals surface area contributed by atoms with Crippen LogP contribution in [0.3, 0.4) is 0 Å². The molecule has 2 aromatic rings. The van der Waals surface area contributed by atoms with E-state index in [9.17, 15) is 35.2 Å². The third kappa shape index (κ3) is 6.01. The zero-order valence-electron chi connectivity index (χ0n) is 18.9. The van der Waals surface area contributed by atoms with Gasteiger partial charge in [0.1, 0.15) is 5.75 Å². The summed E-state index contributed by atoms with van der Waals surface area (Å²) in [6.45, 7) is 3.45. The van der Waals surface area contributed by atoms with E-state index in [-0.39, 0.29) is 17.3 Å². The summed E-state index contributed by atoms with van der Waals surface area (Å²) in [6, 6.07) is 4.87. The zero-order valence-corrected chi connectivity index (χ0v) is 19.7. The number of carbonyl (C=O) groups excluding carboxylic acids is 1. The van der Waals surface area contributed by atoms with E-state index in [2.05, 4.69) is 22.1 Å². The Balaban J connectivity index is 1.74. The van der Waals surface area contributed by atoms with Crippen LogP contribution >= 0.6 is 0 Å². The van der Waals surface area contributed by atoms with Gasteiger partial charge in [-0.25, -0.2) is 22.0 Å². The van der Waals surface area contributed by atoms with E-state index in [4.69, 9.17) is 0 Å². The Labute approximate surface area is 200 Å². The SMILES string of the molecule is CCCCC=CN1CCC(C(=O)c2cccc(OS(=O)(=O)c3c(F)c(F)c(F)c(F)c3F)c2)CC1. The van der Waals surface area contributed by atoms with Crippen molar-refractivity contribution in [1.29, 1.82) is 0 Å². The molecule has 1 fully saturated rings. The van der Waals surface area contributed by atoms with Gasteiger partial charge in [-0.3, -0.25) is 4.79 Å². The topological polar surface area (TPSA) is 63.7 Å². The molecule has 35 heavy (non-hydrogen) atoms. The quantitative estimate of drug-likeness (QED) is 0.106. The number of allylic oxidation sites excluding steroid dienone is 1. The number of nitrogens with zero attached hydrogens (tertiary/aromatic N) is 1. The fourth-order valence-corrected chi connectivity index (χ4v) is 4.82. The molecule has 1 aliphatic heterocycles. The first-order chi connectivity index (χ1) is 16.6. The molecule has 0 amide bonds. The van der Waals surface area contributed by atoms with Crippen LogP contribution in [0, 0.1) is 35.0 Å². The summed E-state index contributed by atoms with van der Waals surface area (Å²) < 4.78 is 97.4. The second-order valence-corrected chi connectivity index (χ2v) is 9.65. The number of hydrogen-bond acceptors (Lipinski definition) is 5. The molecule has 0 saturated carbocycles. The second kappa shape index (κ2) is 11.2. The van der Waals surface area contributed by atoms with Gasteiger partial charge in [0.25, 0.3) is 0 Å². The van der Waals surface area contributed by atoms with Crippen LogP contribution in [0.4, 0.5) is 22.0 Å². The number of rotatable bonds is 9. The molecule has 0 atom stereocenters. The molecule has 11 heteroatoms. The van der Waals surface area contributed by atoms with Gasteiger partial charge in [0.05, 0.1) is 0 Å². The third-order valence-electron chi connectivity index (χ3n) is 5.68. The van der Waals surface area contributed by atoms with Gasteiger partial charge in [-0.05, 0) is 37.6 Å². The first kappa shape index (κ1) is 26.7. The lowest BCUT2D eigenvalue weighted by atomic mass is 9.89. The van der Waals surface area contributed by atoms with E-state index in [1.807, 2.05) is 6.20 Å². The number of unbranched alkanes of at least 4 members (excludes halogenated alkanes) is 2. The summed E-state index contributed by atoms with van der Waals surface area (Å²) in [6.07, 6.45) is 8.45. The highest BCUT2D eigenvalue weighted by Gasteiger charge is 2.35. The highest BCUT2D eigenvalue weighted by Crippen LogP contribution is 2.30. The fraction of sp³-hybridized carbons (Fsp3) is 0.375. The van der Waals surface area contributed by atoms with Gasteiger partial charge < -0.3 is 9.08 Å². The minimum absolute atomic E-state index is 0.104. The monoisotopic (exact) mass is 517 g/mol. The third-order valence-corrected chi connectivity index (χ3v) is 6.96. The van der Waals surface area contributed by atoms with E-state index >= 15 is 0 Å². The Morgan fingerprint density at radius 2 is 1.63 bits per heavy atom. The summed E-state index contributed by atoms with van der Waals surface area (Å²) in [5.41, 5.74) is 0.104. The molecule has 0 unspecified atom stereocenters. The van der Waals surface area contributed by atoms with Crippen molar-refractivity contribution < 1.29 is 39.3 Å². The average Bonchev–Trinajstić information content (AvgIpc) is 2.84. The van der Waals surface area contributed by atoms with Crippen LogP contribution in [0.5, 0.6) is 5.75 Å². The van der Waals surface area contributed by atoms with Gasteiger partial charge in [0.2, 0.25) is 5.82 Å². The zero-order chi connectivity index (χ0) is 25.8. The average molecular weight is 518 g/mol. The van der Waals surface area contributed by atoms with Crippen molar-refractivity contribution >= 4 is 15.9 Å². The maximum absolute atomic E-state index is 14.0. The van der Waals surface area contributed by atoms with Crippen molar-refractivity contribution in [2.45, 2.75) is 43.9 Å². The molecule has 2 aromatic carbocycles. The first-order valence-corrected chi connectivity index (χ1v) is 12.5. The Kier molecular flexibility index (Phi) is 8.52. The van der Waals surface area contributed by atoms with Gasteiger partial charge in [0.15, 0.2) is 33.9 Å². The van der Waals surface area contributed by atoms with Crippen LogP contribution in [-0.2, 0) is 10.1 Å². The minimum Gasteiger partial charge on any atom is -0.379 e. The molecule has 0 bridgehead atoms. The van der Waals surface area contributed by atoms with Crippen molar-refractivity contribution in [3.63, 3.8) is 0 Å². The molecule has 1 heterocycles. The maximum atomic E-state index is 14.0. The van der Waals surface area contributed by atoms with Crippen LogP contribution in [0.2, 0.25) is 0 Å². The Hall–Kier alpha value is -2.95. The predicted molar refractivity (Wildman–Crippen MR) is 118 cm³/mol. The highest BCUT2D eigenvalue weighted by atomic mass is 32.2. The largest absolute Gasteiger partial charge is 0.379 e. The molecule has 0 radical (unpaired) electrons. The maximum Gasteiger partial charge on any atom is 0.345 e. The summed E-state index contributed by atoms with van der Waals surface area (Å²) in [5, 5.41) is 0. The first-order valence-electron chi connectivity index (χ1n) is 11.1. The number of ketones is 1. The van der Waals surface area contributed by atoms with Crippen molar-refractivity contribution in [2.75, 3.05) is 13.1 Å². The van der Waals surface area contributed by atoms with Crippen molar-refractivity contribution in [3.05, 3.63) is 71.2 Å². The Morgan fingerprint density at radius 3 is 2.23 bits per heavy atom. The standard InChI is InChI=1S/C24H24F5NO4S/c1-2-3-4-5-11-30-12-9-15(10-13-30)23(31)16-7-6-8-17(14-16)34-35(32,33)24-21(28)19(26)18(25)20(27)22(24)29/h5-8,11,14-15H,2-4,9-10,12-13H2,1H3. The lowest BCUT2D eigenvalue weighted by Gasteiger charge is -2.30. The molecular formula is C24H24F5NO4S. The van der Waals surface area contributed by atoms with Crippen LogP contribution in [0.15, 0.2) is 41.4 Å². The minimum atomic E-state index is -5.45. The summed E-state index contributed by atoms with van der Waals surface area (Å²) in [4.78, 5) is 12.9. The summed E-state index contributed by atoms with van der Waals surface area (Å²) >= 11 is 0. The second-order valence-electron chi connectivity index (χ2n) is 8.17. The fourth-order valence-electron chi connectivity index (χ4n) is 3.77. The molecule has 1 aliphatic rings. The lowest BCUT2D eigenvalue weighted by Crippen LogP contribution is -2.33. The molecule has 1 saturated heterocycles. The van der Waals surface area contributed by atoms with Crippen molar-refractivity contribution in [1.82, 2.24) is 4.90 Å². The molecule has 0 N–H and O–H groups in total. The number of Topliss-reactive ketones (excluding diaryl/α,β-unsaturated/α-hetero) is 1. The predicted octanol–water partition coefficient (Wildman–Crippen LogP) is 5.75. The highest BCUT2D eigenvalue weighted by molar-refractivity contribution is 7.87. The summed E-state index contributed by atoms with van der Waals surface area (Å²) in [5.74, 6) is -13.5. The van der Waals surface area contributed by atoms with Crippen molar-refractivity contribution in [2.24, 2.45) is 5.92 Å². The molecule has 0 aliphatic carbocycles. The molecule has 190 valence electrons. The number of halogens is 5. The van der Waals surface area contributed by atoms with Gasteiger partial charge in [-0.2, -0.15) is 8.42 Å². The van der Waals surface area contributed by atoms with Crippen LogP contribution < -0.4 is 4.18 Å². The number of hydrogen-bond donors (Lipinski definition) is 0. The molecule has 5 nitrogen and oxygen atoms in total. The number of piperidine rings is 1. The Bertz CT molecular complexity index is 1200. The van der Waals surface area contributed by atoms with Crippen LogP contribution in [0.1, 0.15) is 49.4 Å².